The molecule has 2 aromatic carbocycles. The molecule has 0 atom stereocenters. The lowest BCUT2D eigenvalue weighted by molar-refractivity contribution is -0.116. The van der Waals surface area contributed by atoms with Crippen LogP contribution in [0.4, 0.5) is 5.69 Å². The monoisotopic (exact) mass is 240 g/mol. The van der Waals surface area contributed by atoms with Gasteiger partial charge in [-0.3, -0.25) is 4.79 Å². The molecule has 2 N–H and O–H groups in total. The third kappa shape index (κ3) is 2.69. The Hall–Kier alpha value is -2.29. The topological polar surface area (TPSA) is 46.3 Å². The Morgan fingerprint density at radius 1 is 1.06 bits per heavy atom. The predicted molar refractivity (Wildman–Crippen MR) is 74.3 cm³/mol. The van der Waals surface area contributed by atoms with E-state index in [1.54, 1.807) is 0 Å². The van der Waals surface area contributed by atoms with Crippen molar-refractivity contribution in [1.29, 1.82) is 0 Å². The van der Waals surface area contributed by atoms with Crippen LogP contribution in [0.2, 0.25) is 0 Å². The maximum atomic E-state index is 11.0. The number of primary amides is 1. The number of nitrogens with zero attached hydrogens (tertiary/aromatic N) is 1. The van der Waals surface area contributed by atoms with Gasteiger partial charge in [0, 0.05) is 18.3 Å². The van der Waals surface area contributed by atoms with E-state index in [0.29, 0.717) is 0 Å². The fourth-order valence-corrected chi connectivity index (χ4v) is 1.99. The van der Waals surface area contributed by atoms with E-state index >= 15 is 0 Å². The Kier molecular flexibility index (Phi) is 3.63. The zero-order valence-electron chi connectivity index (χ0n) is 10.3. The zero-order chi connectivity index (χ0) is 13.0. The van der Waals surface area contributed by atoms with Crippen LogP contribution < -0.4 is 10.6 Å². The first-order valence-corrected chi connectivity index (χ1v) is 5.82. The van der Waals surface area contributed by atoms with Crippen LogP contribution in [0.1, 0.15) is 0 Å². The number of para-hydroxylation sites is 1. The SMILES string of the molecule is CN(CC(N)=O)c1ccccc1-c1ccccc1. The smallest absolute Gasteiger partial charge is 0.236 e. The summed E-state index contributed by atoms with van der Waals surface area (Å²) in [5, 5.41) is 0. The second-order valence-electron chi connectivity index (χ2n) is 4.21. The summed E-state index contributed by atoms with van der Waals surface area (Å²) in [6.45, 7) is 0.212. The lowest BCUT2D eigenvalue weighted by Gasteiger charge is -2.21. The molecule has 0 aromatic heterocycles. The lowest BCUT2D eigenvalue weighted by Crippen LogP contribution is -2.30. The summed E-state index contributed by atoms with van der Waals surface area (Å²) in [7, 11) is 1.87. The van der Waals surface area contributed by atoms with E-state index in [-0.39, 0.29) is 12.5 Å². The number of hydrogen-bond donors (Lipinski definition) is 1. The van der Waals surface area contributed by atoms with E-state index in [1.165, 1.54) is 0 Å². The number of nitrogens with two attached hydrogens (primary N) is 1. The molecule has 0 aliphatic carbocycles. The summed E-state index contributed by atoms with van der Waals surface area (Å²) in [5.74, 6) is -0.333. The molecule has 2 aromatic rings. The van der Waals surface area contributed by atoms with Gasteiger partial charge in [0.1, 0.15) is 0 Å². The summed E-state index contributed by atoms with van der Waals surface area (Å²) in [6, 6.07) is 18.1. The van der Waals surface area contributed by atoms with Gasteiger partial charge in [-0.1, -0.05) is 48.5 Å². The van der Waals surface area contributed by atoms with Gasteiger partial charge in [-0.15, -0.1) is 0 Å². The Bertz CT molecular complexity index is 537. The Balaban J connectivity index is 2.40. The lowest BCUT2D eigenvalue weighted by atomic mass is 10.0. The summed E-state index contributed by atoms with van der Waals surface area (Å²) in [6.07, 6.45) is 0. The van der Waals surface area contributed by atoms with Gasteiger partial charge < -0.3 is 10.6 Å². The van der Waals surface area contributed by atoms with Gasteiger partial charge in [-0.25, -0.2) is 0 Å². The van der Waals surface area contributed by atoms with Gasteiger partial charge in [0.2, 0.25) is 5.91 Å². The molecule has 0 fully saturated rings. The number of likely N-dealkylation sites (N-methyl/N-ethyl adjacent to an activating group) is 1. The molecule has 0 saturated heterocycles. The highest BCUT2D eigenvalue weighted by Crippen LogP contribution is 2.29. The average molecular weight is 240 g/mol. The standard InChI is InChI=1S/C15H16N2O/c1-17(11-15(16)18)14-10-6-5-9-13(14)12-7-3-2-4-8-12/h2-10H,11H2,1H3,(H2,16,18). The summed E-state index contributed by atoms with van der Waals surface area (Å²) in [4.78, 5) is 12.9. The van der Waals surface area contributed by atoms with Crippen molar-refractivity contribution in [2.24, 2.45) is 5.73 Å². The first-order valence-electron chi connectivity index (χ1n) is 5.82. The zero-order valence-corrected chi connectivity index (χ0v) is 10.3. The number of benzene rings is 2. The average Bonchev–Trinajstić information content (AvgIpc) is 2.39. The number of anilines is 1. The maximum Gasteiger partial charge on any atom is 0.236 e. The van der Waals surface area contributed by atoms with Crippen molar-refractivity contribution in [1.82, 2.24) is 0 Å². The van der Waals surface area contributed by atoms with Crippen molar-refractivity contribution in [3.8, 4) is 11.1 Å². The maximum absolute atomic E-state index is 11.0. The molecule has 2 rings (SSSR count). The molecule has 3 heteroatoms. The van der Waals surface area contributed by atoms with E-state index in [4.69, 9.17) is 5.73 Å². The van der Waals surface area contributed by atoms with Gasteiger partial charge in [-0.05, 0) is 11.6 Å². The molecule has 0 spiro atoms. The highest BCUT2D eigenvalue weighted by atomic mass is 16.1. The molecule has 0 aliphatic heterocycles. The number of carbonyl (C=O) groups is 1. The number of carbonyl (C=O) groups excluding carboxylic acids is 1. The third-order valence-electron chi connectivity index (χ3n) is 2.79. The molecule has 0 bridgehead atoms. The van der Waals surface area contributed by atoms with Crippen molar-refractivity contribution in [3.05, 3.63) is 54.6 Å². The molecule has 0 heterocycles. The van der Waals surface area contributed by atoms with E-state index in [0.717, 1.165) is 16.8 Å². The normalized spacial score (nSPS) is 10.1. The first kappa shape index (κ1) is 12.2. The largest absolute Gasteiger partial charge is 0.368 e. The minimum atomic E-state index is -0.333. The summed E-state index contributed by atoms with van der Waals surface area (Å²) in [5.41, 5.74) is 8.47. The Morgan fingerprint density at radius 3 is 2.33 bits per heavy atom. The molecule has 18 heavy (non-hydrogen) atoms. The van der Waals surface area contributed by atoms with Gasteiger partial charge in [0.05, 0.1) is 6.54 Å². The van der Waals surface area contributed by atoms with Gasteiger partial charge in [0.25, 0.3) is 0 Å². The highest BCUT2D eigenvalue weighted by molar-refractivity contribution is 5.84. The fraction of sp³-hybridized carbons (Fsp3) is 0.133. The van der Waals surface area contributed by atoms with E-state index in [2.05, 4.69) is 12.1 Å². The van der Waals surface area contributed by atoms with Crippen LogP contribution in [0, 0.1) is 0 Å². The van der Waals surface area contributed by atoms with Crippen LogP contribution in [-0.2, 0) is 4.79 Å². The molecular weight excluding hydrogens is 224 g/mol. The van der Waals surface area contributed by atoms with Crippen molar-refractivity contribution in [3.63, 3.8) is 0 Å². The Labute approximate surface area is 107 Å². The molecular formula is C15H16N2O. The van der Waals surface area contributed by atoms with Gasteiger partial charge in [-0.2, -0.15) is 0 Å². The summed E-state index contributed by atoms with van der Waals surface area (Å²) < 4.78 is 0. The van der Waals surface area contributed by atoms with Crippen molar-refractivity contribution in [2.45, 2.75) is 0 Å². The number of amides is 1. The van der Waals surface area contributed by atoms with Crippen LogP contribution >= 0.6 is 0 Å². The number of rotatable bonds is 4. The van der Waals surface area contributed by atoms with Crippen molar-refractivity contribution >= 4 is 11.6 Å². The second-order valence-corrected chi connectivity index (χ2v) is 4.21. The quantitative estimate of drug-likeness (QED) is 0.891. The van der Waals surface area contributed by atoms with E-state index < -0.39 is 0 Å². The molecule has 3 nitrogen and oxygen atoms in total. The Morgan fingerprint density at radius 2 is 1.67 bits per heavy atom. The molecule has 0 unspecified atom stereocenters. The third-order valence-corrected chi connectivity index (χ3v) is 2.79. The van der Waals surface area contributed by atoms with Crippen LogP contribution in [0.15, 0.2) is 54.6 Å². The van der Waals surface area contributed by atoms with Crippen molar-refractivity contribution in [2.75, 3.05) is 18.5 Å². The van der Waals surface area contributed by atoms with Crippen LogP contribution in [-0.4, -0.2) is 19.5 Å². The molecule has 0 aliphatic rings. The first-order chi connectivity index (χ1) is 8.68. The highest BCUT2D eigenvalue weighted by Gasteiger charge is 2.09. The molecule has 1 amide bonds. The van der Waals surface area contributed by atoms with E-state index in [1.807, 2.05) is 54.4 Å². The predicted octanol–water partition coefficient (Wildman–Crippen LogP) is 2.28. The van der Waals surface area contributed by atoms with Crippen molar-refractivity contribution < 1.29 is 4.79 Å². The number of hydrogen-bond acceptors (Lipinski definition) is 2. The molecule has 0 saturated carbocycles. The molecule has 0 radical (unpaired) electrons. The van der Waals surface area contributed by atoms with Gasteiger partial charge in [0.15, 0.2) is 0 Å². The van der Waals surface area contributed by atoms with Crippen LogP contribution in [0.3, 0.4) is 0 Å². The van der Waals surface area contributed by atoms with Crippen LogP contribution in [0.5, 0.6) is 0 Å². The van der Waals surface area contributed by atoms with E-state index in [9.17, 15) is 4.79 Å². The summed E-state index contributed by atoms with van der Waals surface area (Å²) >= 11 is 0. The molecule has 92 valence electrons. The second kappa shape index (κ2) is 5.36. The minimum Gasteiger partial charge on any atom is -0.368 e. The van der Waals surface area contributed by atoms with Crippen LogP contribution in [0.25, 0.3) is 11.1 Å². The van der Waals surface area contributed by atoms with Gasteiger partial charge >= 0.3 is 0 Å². The minimum absolute atomic E-state index is 0.212. The fourth-order valence-electron chi connectivity index (χ4n) is 1.99.